The first-order valence-corrected chi connectivity index (χ1v) is 7.20. The summed E-state index contributed by atoms with van der Waals surface area (Å²) in [6, 6.07) is 9.76. The molecular formula is C17H28N2. The molecule has 0 bridgehead atoms. The Morgan fingerprint density at radius 2 is 1.32 bits per heavy atom. The van der Waals surface area contributed by atoms with E-state index in [1.807, 2.05) is 58.0 Å². The number of pyridine rings is 2. The molecule has 2 heteroatoms. The number of hydrogen-bond acceptors (Lipinski definition) is 2. The highest BCUT2D eigenvalue weighted by molar-refractivity contribution is 5.57. The summed E-state index contributed by atoms with van der Waals surface area (Å²) in [7, 11) is 0. The highest BCUT2D eigenvalue weighted by Crippen LogP contribution is 2.13. The van der Waals surface area contributed by atoms with Gasteiger partial charge in [-0.15, -0.1) is 0 Å². The SMILES string of the molecule is CC.CC.CCC.c1ccc(-c2ccncc2)nc1. The lowest BCUT2D eigenvalue weighted by atomic mass is 10.2. The molecule has 0 unspecified atom stereocenters. The Morgan fingerprint density at radius 1 is 0.789 bits per heavy atom. The van der Waals surface area contributed by atoms with E-state index in [0.717, 1.165) is 11.3 Å². The van der Waals surface area contributed by atoms with Crippen LogP contribution in [0.5, 0.6) is 0 Å². The molecule has 0 aliphatic carbocycles. The molecule has 2 aromatic rings. The maximum atomic E-state index is 4.22. The van der Waals surface area contributed by atoms with Gasteiger partial charge in [-0.25, -0.2) is 0 Å². The molecule has 0 spiro atoms. The van der Waals surface area contributed by atoms with E-state index in [2.05, 4.69) is 23.8 Å². The molecule has 2 nitrogen and oxygen atoms in total. The second kappa shape index (κ2) is 16.3. The Hall–Kier alpha value is -1.70. The van der Waals surface area contributed by atoms with Crippen molar-refractivity contribution in [2.45, 2.75) is 48.0 Å². The molecule has 0 saturated heterocycles. The molecule has 2 aromatic heterocycles. The zero-order valence-corrected chi connectivity index (χ0v) is 13.2. The highest BCUT2D eigenvalue weighted by atomic mass is 14.7. The summed E-state index contributed by atoms with van der Waals surface area (Å²) in [6.07, 6.45) is 6.57. The average molecular weight is 260 g/mol. The molecular weight excluding hydrogens is 232 g/mol. The van der Waals surface area contributed by atoms with Crippen LogP contribution in [-0.2, 0) is 0 Å². The van der Waals surface area contributed by atoms with Crippen molar-refractivity contribution in [1.82, 2.24) is 9.97 Å². The first-order valence-electron chi connectivity index (χ1n) is 7.20. The largest absolute Gasteiger partial charge is 0.265 e. The maximum Gasteiger partial charge on any atom is 0.0703 e. The van der Waals surface area contributed by atoms with E-state index < -0.39 is 0 Å². The summed E-state index contributed by atoms with van der Waals surface area (Å²) in [5.74, 6) is 0. The normalized spacial score (nSPS) is 7.68. The van der Waals surface area contributed by atoms with Crippen molar-refractivity contribution >= 4 is 0 Å². The van der Waals surface area contributed by atoms with Crippen LogP contribution in [0.1, 0.15) is 48.0 Å². The number of nitrogens with zero attached hydrogens (tertiary/aromatic N) is 2. The molecule has 19 heavy (non-hydrogen) atoms. The minimum absolute atomic E-state index is 0.986. The molecule has 2 rings (SSSR count). The second-order valence-electron chi connectivity index (χ2n) is 3.16. The third-order valence-electron chi connectivity index (χ3n) is 1.64. The van der Waals surface area contributed by atoms with Gasteiger partial charge in [0.2, 0.25) is 0 Å². The van der Waals surface area contributed by atoms with Gasteiger partial charge in [0.1, 0.15) is 0 Å². The zero-order valence-electron chi connectivity index (χ0n) is 13.2. The van der Waals surface area contributed by atoms with Crippen LogP contribution in [-0.4, -0.2) is 9.97 Å². The van der Waals surface area contributed by atoms with E-state index in [-0.39, 0.29) is 0 Å². The monoisotopic (exact) mass is 260 g/mol. The fourth-order valence-corrected chi connectivity index (χ4v) is 1.06. The van der Waals surface area contributed by atoms with Crippen LogP contribution in [0.4, 0.5) is 0 Å². The zero-order chi connectivity index (χ0) is 14.9. The quantitative estimate of drug-likeness (QED) is 0.665. The molecule has 0 N–H and O–H groups in total. The van der Waals surface area contributed by atoms with Gasteiger partial charge < -0.3 is 0 Å². The van der Waals surface area contributed by atoms with Crippen LogP contribution in [0.25, 0.3) is 11.3 Å². The van der Waals surface area contributed by atoms with Crippen LogP contribution in [0.3, 0.4) is 0 Å². The summed E-state index contributed by atoms with van der Waals surface area (Å²) in [6.45, 7) is 12.2. The van der Waals surface area contributed by atoms with Crippen LogP contribution in [0.15, 0.2) is 48.9 Å². The summed E-state index contributed by atoms with van der Waals surface area (Å²) in [5, 5.41) is 0. The molecule has 0 aromatic carbocycles. The predicted molar refractivity (Wildman–Crippen MR) is 86.1 cm³/mol. The minimum Gasteiger partial charge on any atom is -0.265 e. The molecule has 0 radical (unpaired) electrons. The summed E-state index contributed by atoms with van der Waals surface area (Å²) >= 11 is 0. The highest BCUT2D eigenvalue weighted by Gasteiger charge is 1.94. The molecule has 2 heterocycles. The van der Waals surface area contributed by atoms with Gasteiger partial charge in [-0.3, -0.25) is 9.97 Å². The predicted octanol–water partition coefficient (Wildman–Crippen LogP) is 5.61. The van der Waals surface area contributed by atoms with Gasteiger partial charge in [0.15, 0.2) is 0 Å². The molecule has 0 fully saturated rings. The van der Waals surface area contributed by atoms with Gasteiger partial charge in [0.05, 0.1) is 5.69 Å². The standard InChI is InChI=1S/C10H8N2.C3H8.2C2H6/c1-2-6-12-10(3-1)9-4-7-11-8-5-9;1-3-2;2*1-2/h1-8H;3H2,1-2H3;2*1-2H3. The first-order chi connectivity index (χ1) is 9.38. The molecule has 106 valence electrons. The lowest BCUT2D eigenvalue weighted by Gasteiger charge is -1.96. The molecule has 0 aliphatic rings. The maximum absolute atomic E-state index is 4.22. The van der Waals surface area contributed by atoms with Gasteiger partial charge in [-0.1, -0.05) is 54.0 Å². The van der Waals surface area contributed by atoms with E-state index in [0.29, 0.717) is 0 Å². The van der Waals surface area contributed by atoms with Crippen LogP contribution < -0.4 is 0 Å². The molecule has 0 saturated carbocycles. The number of hydrogen-bond donors (Lipinski definition) is 0. The van der Waals surface area contributed by atoms with Gasteiger partial charge in [0, 0.05) is 24.2 Å². The van der Waals surface area contributed by atoms with Crippen LogP contribution >= 0.6 is 0 Å². The Morgan fingerprint density at radius 3 is 1.74 bits per heavy atom. The van der Waals surface area contributed by atoms with E-state index in [1.165, 1.54) is 6.42 Å². The van der Waals surface area contributed by atoms with Gasteiger partial charge in [-0.2, -0.15) is 0 Å². The van der Waals surface area contributed by atoms with Gasteiger partial charge in [0.25, 0.3) is 0 Å². The molecule has 0 aliphatic heterocycles. The van der Waals surface area contributed by atoms with E-state index in [1.54, 1.807) is 18.6 Å². The number of aromatic nitrogens is 2. The van der Waals surface area contributed by atoms with Gasteiger partial charge in [-0.05, 0) is 24.3 Å². The van der Waals surface area contributed by atoms with Crippen molar-refractivity contribution in [3.8, 4) is 11.3 Å². The van der Waals surface area contributed by atoms with E-state index >= 15 is 0 Å². The van der Waals surface area contributed by atoms with Crippen LogP contribution in [0.2, 0.25) is 0 Å². The van der Waals surface area contributed by atoms with Crippen molar-refractivity contribution in [1.29, 1.82) is 0 Å². The van der Waals surface area contributed by atoms with Crippen molar-refractivity contribution in [2.24, 2.45) is 0 Å². The topological polar surface area (TPSA) is 25.8 Å². The van der Waals surface area contributed by atoms with Crippen molar-refractivity contribution in [3.63, 3.8) is 0 Å². The third-order valence-corrected chi connectivity index (χ3v) is 1.64. The van der Waals surface area contributed by atoms with Crippen molar-refractivity contribution in [2.75, 3.05) is 0 Å². The van der Waals surface area contributed by atoms with E-state index in [9.17, 15) is 0 Å². The molecule has 0 atom stereocenters. The van der Waals surface area contributed by atoms with Gasteiger partial charge >= 0.3 is 0 Å². The fourth-order valence-electron chi connectivity index (χ4n) is 1.06. The van der Waals surface area contributed by atoms with Crippen LogP contribution in [0, 0.1) is 0 Å². The average Bonchev–Trinajstić information content (AvgIpc) is 2.54. The fraction of sp³-hybridized carbons (Fsp3) is 0.412. The van der Waals surface area contributed by atoms with Crippen molar-refractivity contribution < 1.29 is 0 Å². The third kappa shape index (κ3) is 9.95. The second-order valence-corrected chi connectivity index (χ2v) is 3.16. The Balaban J connectivity index is 0. The lowest BCUT2D eigenvalue weighted by molar-refractivity contribution is 1.09. The Kier molecular flexibility index (Phi) is 16.8. The lowest BCUT2D eigenvalue weighted by Crippen LogP contribution is -1.80. The first kappa shape index (κ1) is 19.6. The van der Waals surface area contributed by atoms with Crippen molar-refractivity contribution in [3.05, 3.63) is 48.9 Å². The smallest absolute Gasteiger partial charge is 0.0703 e. The summed E-state index contributed by atoms with van der Waals surface area (Å²) in [5.41, 5.74) is 2.09. The summed E-state index contributed by atoms with van der Waals surface area (Å²) < 4.78 is 0. The Labute approximate surface area is 118 Å². The summed E-state index contributed by atoms with van der Waals surface area (Å²) in [4.78, 5) is 8.16. The molecule has 0 amide bonds. The minimum atomic E-state index is 0.986. The Bertz CT molecular complexity index is 320. The number of rotatable bonds is 1. The van der Waals surface area contributed by atoms with E-state index in [4.69, 9.17) is 0 Å².